The molecular formula is C15H17ClN4O. The molecule has 1 aromatic carbocycles. The zero-order chi connectivity index (χ0) is 14.8. The van der Waals surface area contributed by atoms with Crippen LogP contribution in [0.3, 0.4) is 0 Å². The summed E-state index contributed by atoms with van der Waals surface area (Å²) in [4.78, 5) is 16.6. The van der Waals surface area contributed by atoms with Crippen LogP contribution in [0.2, 0.25) is 5.02 Å². The number of hydrogen-bond donors (Lipinski definition) is 2. The Balaban J connectivity index is 1.74. The Morgan fingerprint density at radius 2 is 2.05 bits per heavy atom. The fourth-order valence-electron chi connectivity index (χ4n) is 2.44. The number of hydrazine groups is 1. The van der Waals surface area contributed by atoms with Gasteiger partial charge in [-0.2, -0.15) is 0 Å². The van der Waals surface area contributed by atoms with E-state index in [9.17, 15) is 4.79 Å². The van der Waals surface area contributed by atoms with Crippen LogP contribution in [-0.2, 0) is 0 Å². The molecule has 1 aromatic heterocycles. The van der Waals surface area contributed by atoms with Crippen molar-refractivity contribution in [1.29, 1.82) is 0 Å². The van der Waals surface area contributed by atoms with E-state index in [1.165, 1.54) is 0 Å². The summed E-state index contributed by atoms with van der Waals surface area (Å²) in [5.74, 6) is -0.192. The zero-order valence-electron chi connectivity index (χ0n) is 11.6. The molecule has 0 spiro atoms. The standard InChI is InChI=1S/C15H17ClN4O/c16-11-2-4-13-10(9-11)1-3-14(18-13)15(21)19-20-7-5-12(17)6-8-20/h1-4,9,12H,5-8,17H2,(H,19,21). The van der Waals surface area contributed by atoms with Crippen molar-refractivity contribution < 1.29 is 4.79 Å². The van der Waals surface area contributed by atoms with Gasteiger partial charge in [0.15, 0.2) is 0 Å². The predicted molar refractivity (Wildman–Crippen MR) is 83.0 cm³/mol. The number of piperidine rings is 1. The van der Waals surface area contributed by atoms with Gasteiger partial charge in [-0.25, -0.2) is 9.99 Å². The average molecular weight is 305 g/mol. The number of nitrogens with zero attached hydrogens (tertiary/aromatic N) is 2. The number of halogens is 1. The van der Waals surface area contributed by atoms with Crippen molar-refractivity contribution >= 4 is 28.4 Å². The first-order chi connectivity index (χ1) is 10.1. The fraction of sp³-hybridized carbons (Fsp3) is 0.333. The maximum atomic E-state index is 12.2. The number of nitrogens with two attached hydrogens (primary N) is 1. The van der Waals surface area contributed by atoms with Gasteiger partial charge in [-0.1, -0.05) is 17.7 Å². The quantitative estimate of drug-likeness (QED) is 0.889. The van der Waals surface area contributed by atoms with Crippen LogP contribution in [-0.4, -0.2) is 35.0 Å². The van der Waals surface area contributed by atoms with E-state index in [0.717, 1.165) is 36.8 Å². The van der Waals surface area contributed by atoms with Gasteiger partial charge in [-0.15, -0.1) is 0 Å². The summed E-state index contributed by atoms with van der Waals surface area (Å²) in [6, 6.07) is 9.22. The summed E-state index contributed by atoms with van der Waals surface area (Å²) in [5.41, 5.74) is 9.89. The molecule has 1 fully saturated rings. The van der Waals surface area contributed by atoms with Crippen LogP contribution >= 0.6 is 11.6 Å². The number of carbonyl (C=O) groups is 1. The number of rotatable bonds is 2. The molecule has 110 valence electrons. The second-order valence-corrected chi connectivity index (χ2v) is 5.74. The maximum Gasteiger partial charge on any atom is 0.284 e. The molecule has 0 atom stereocenters. The van der Waals surface area contributed by atoms with Crippen LogP contribution in [0.25, 0.3) is 10.9 Å². The fourth-order valence-corrected chi connectivity index (χ4v) is 2.62. The molecule has 3 rings (SSSR count). The molecular weight excluding hydrogens is 288 g/mol. The Morgan fingerprint density at radius 1 is 1.29 bits per heavy atom. The lowest BCUT2D eigenvalue weighted by molar-refractivity contribution is 0.0731. The summed E-state index contributed by atoms with van der Waals surface area (Å²) in [7, 11) is 0. The van der Waals surface area contributed by atoms with Gasteiger partial charge in [-0.3, -0.25) is 10.2 Å². The first-order valence-electron chi connectivity index (χ1n) is 6.99. The molecule has 2 aromatic rings. The number of carbonyl (C=O) groups excluding carboxylic acids is 1. The largest absolute Gasteiger partial charge is 0.328 e. The molecule has 5 nitrogen and oxygen atoms in total. The third kappa shape index (κ3) is 3.32. The first-order valence-corrected chi connectivity index (χ1v) is 7.37. The van der Waals surface area contributed by atoms with Crippen molar-refractivity contribution in [3.63, 3.8) is 0 Å². The van der Waals surface area contributed by atoms with Crippen LogP contribution in [0.5, 0.6) is 0 Å². The van der Waals surface area contributed by atoms with Crippen LogP contribution in [0, 0.1) is 0 Å². The highest BCUT2D eigenvalue weighted by atomic mass is 35.5. The molecule has 1 aliphatic rings. The van der Waals surface area contributed by atoms with Crippen LogP contribution in [0.15, 0.2) is 30.3 Å². The molecule has 1 aliphatic heterocycles. The number of nitrogens with one attached hydrogen (secondary N) is 1. The molecule has 1 amide bonds. The van der Waals surface area contributed by atoms with Gasteiger partial charge in [0.05, 0.1) is 5.52 Å². The monoisotopic (exact) mass is 304 g/mol. The summed E-state index contributed by atoms with van der Waals surface area (Å²) in [6.45, 7) is 1.55. The maximum absolute atomic E-state index is 12.2. The zero-order valence-corrected chi connectivity index (χ0v) is 12.3. The van der Waals surface area contributed by atoms with Gasteiger partial charge in [0.1, 0.15) is 5.69 Å². The Kier molecular flexibility index (Phi) is 4.05. The molecule has 21 heavy (non-hydrogen) atoms. The first kappa shape index (κ1) is 14.3. The minimum Gasteiger partial charge on any atom is -0.328 e. The van der Waals surface area contributed by atoms with Gasteiger partial charge in [0.25, 0.3) is 5.91 Å². The van der Waals surface area contributed by atoms with Crippen molar-refractivity contribution in [3.05, 3.63) is 41.0 Å². The second kappa shape index (κ2) is 5.97. The molecule has 0 unspecified atom stereocenters. The van der Waals surface area contributed by atoms with E-state index >= 15 is 0 Å². The van der Waals surface area contributed by atoms with E-state index in [0.29, 0.717) is 10.7 Å². The van der Waals surface area contributed by atoms with Crippen molar-refractivity contribution in [2.24, 2.45) is 5.73 Å². The Bertz CT molecular complexity index is 668. The number of fused-ring (bicyclic) bond motifs is 1. The van der Waals surface area contributed by atoms with Gasteiger partial charge >= 0.3 is 0 Å². The lowest BCUT2D eigenvalue weighted by Crippen LogP contribution is -2.49. The van der Waals surface area contributed by atoms with Gasteiger partial charge in [-0.05, 0) is 37.1 Å². The van der Waals surface area contributed by atoms with E-state index in [1.54, 1.807) is 12.1 Å². The minimum absolute atomic E-state index is 0.192. The minimum atomic E-state index is -0.192. The summed E-state index contributed by atoms with van der Waals surface area (Å²) >= 11 is 5.94. The highest BCUT2D eigenvalue weighted by molar-refractivity contribution is 6.31. The van der Waals surface area contributed by atoms with Crippen molar-refractivity contribution in [2.75, 3.05) is 13.1 Å². The SMILES string of the molecule is NC1CCN(NC(=O)c2ccc3cc(Cl)ccc3n2)CC1. The van der Waals surface area contributed by atoms with Crippen molar-refractivity contribution in [2.45, 2.75) is 18.9 Å². The molecule has 0 aliphatic carbocycles. The number of amides is 1. The third-order valence-corrected chi connectivity index (χ3v) is 3.92. The van der Waals surface area contributed by atoms with E-state index in [4.69, 9.17) is 17.3 Å². The van der Waals surface area contributed by atoms with E-state index in [1.807, 2.05) is 23.2 Å². The summed E-state index contributed by atoms with van der Waals surface area (Å²) < 4.78 is 0. The van der Waals surface area contributed by atoms with E-state index < -0.39 is 0 Å². The van der Waals surface area contributed by atoms with Crippen molar-refractivity contribution in [1.82, 2.24) is 15.4 Å². The third-order valence-electron chi connectivity index (χ3n) is 3.68. The molecule has 0 radical (unpaired) electrons. The molecule has 0 bridgehead atoms. The number of hydrogen-bond acceptors (Lipinski definition) is 4. The molecule has 1 saturated heterocycles. The van der Waals surface area contributed by atoms with Gasteiger partial charge < -0.3 is 5.73 Å². The number of pyridine rings is 1. The molecule has 6 heteroatoms. The molecule has 0 saturated carbocycles. The van der Waals surface area contributed by atoms with Gasteiger partial charge in [0.2, 0.25) is 0 Å². The van der Waals surface area contributed by atoms with E-state index in [-0.39, 0.29) is 11.9 Å². The summed E-state index contributed by atoms with van der Waals surface area (Å²) in [6.07, 6.45) is 1.79. The average Bonchev–Trinajstić information content (AvgIpc) is 2.49. The van der Waals surface area contributed by atoms with Crippen LogP contribution in [0.4, 0.5) is 0 Å². The van der Waals surface area contributed by atoms with E-state index in [2.05, 4.69) is 10.4 Å². The lowest BCUT2D eigenvalue weighted by Gasteiger charge is -2.30. The molecule has 3 N–H and O–H groups in total. The van der Waals surface area contributed by atoms with Crippen LogP contribution in [0.1, 0.15) is 23.3 Å². The Morgan fingerprint density at radius 3 is 2.81 bits per heavy atom. The predicted octanol–water partition coefficient (Wildman–Crippen LogP) is 1.96. The lowest BCUT2D eigenvalue weighted by atomic mass is 10.1. The highest BCUT2D eigenvalue weighted by Crippen LogP contribution is 2.18. The second-order valence-electron chi connectivity index (χ2n) is 5.30. The number of aromatic nitrogens is 1. The Hall–Kier alpha value is -1.69. The van der Waals surface area contributed by atoms with Crippen LogP contribution < -0.4 is 11.2 Å². The Labute approximate surface area is 128 Å². The number of benzene rings is 1. The molecule has 2 heterocycles. The smallest absolute Gasteiger partial charge is 0.284 e. The summed E-state index contributed by atoms with van der Waals surface area (Å²) in [5, 5.41) is 3.48. The topological polar surface area (TPSA) is 71.2 Å². The highest BCUT2D eigenvalue weighted by Gasteiger charge is 2.18. The van der Waals surface area contributed by atoms with Crippen molar-refractivity contribution in [3.8, 4) is 0 Å². The van der Waals surface area contributed by atoms with Gasteiger partial charge in [0, 0.05) is 29.5 Å². The normalized spacial score (nSPS) is 17.0.